The van der Waals surface area contributed by atoms with Crippen molar-refractivity contribution >= 4 is 5.71 Å². The zero-order chi connectivity index (χ0) is 11.8. The maximum atomic E-state index is 7.63. The summed E-state index contributed by atoms with van der Waals surface area (Å²) in [6.07, 6.45) is 7.45. The minimum Gasteiger partial charge on any atom is -0.310 e. The van der Waals surface area contributed by atoms with Crippen molar-refractivity contribution in [2.45, 2.75) is 33.2 Å². The van der Waals surface area contributed by atoms with Crippen LogP contribution >= 0.6 is 0 Å². The van der Waals surface area contributed by atoms with Crippen LogP contribution in [0.2, 0.25) is 0 Å². The van der Waals surface area contributed by atoms with Crippen LogP contribution in [0.1, 0.15) is 27.2 Å². The Hall–Kier alpha value is -1.11. The highest BCUT2D eigenvalue weighted by Gasteiger charge is 2.29. The van der Waals surface area contributed by atoms with Crippen LogP contribution in [-0.2, 0) is 0 Å². The third-order valence-corrected chi connectivity index (χ3v) is 3.41. The first-order valence-corrected chi connectivity index (χ1v) is 5.92. The molecule has 2 N–H and O–H groups in total. The summed E-state index contributed by atoms with van der Waals surface area (Å²) in [5.41, 5.74) is 5.53. The molecule has 2 rings (SSSR count). The van der Waals surface area contributed by atoms with Crippen molar-refractivity contribution in [3.05, 3.63) is 29.5 Å². The van der Waals surface area contributed by atoms with Gasteiger partial charge in [-0.1, -0.05) is 26.0 Å². The van der Waals surface area contributed by atoms with E-state index < -0.39 is 0 Å². The van der Waals surface area contributed by atoms with Gasteiger partial charge in [-0.2, -0.15) is 0 Å². The van der Waals surface area contributed by atoms with E-state index in [2.05, 4.69) is 43.1 Å². The van der Waals surface area contributed by atoms with Gasteiger partial charge in [-0.25, -0.2) is 0 Å². The van der Waals surface area contributed by atoms with E-state index in [1.165, 1.54) is 5.57 Å². The number of hydrogen-bond donors (Lipinski definition) is 2. The first kappa shape index (κ1) is 11.4. The molecule has 0 radical (unpaired) electrons. The molecule has 1 saturated heterocycles. The van der Waals surface area contributed by atoms with Crippen LogP contribution in [0.25, 0.3) is 0 Å². The standard InChI is InChI=1S/C14H20N2/c1-10(15)8-12-5-4-11(13-9-16-13)6-7-14(12,2)3/h5-7,12-13,15-16H,8-9H2,1-3H3/t12-,13?/m0/s1. The maximum Gasteiger partial charge on any atom is 0.0521 e. The van der Waals surface area contributed by atoms with E-state index in [-0.39, 0.29) is 5.41 Å². The van der Waals surface area contributed by atoms with Crippen LogP contribution in [-0.4, -0.2) is 18.3 Å². The summed E-state index contributed by atoms with van der Waals surface area (Å²) < 4.78 is 0. The predicted molar refractivity (Wildman–Crippen MR) is 67.8 cm³/mol. The Morgan fingerprint density at radius 1 is 1.62 bits per heavy atom. The zero-order valence-corrected chi connectivity index (χ0v) is 10.3. The van der Waals surface area contributed by atoms with Gasteiger partial charge in [0.1, 0.15) is 0 Å². The highest BCUT2D eigenvalue weighted by atomic mass is 15.1. The van der Waals surface area contributed by atoms with Crippen molar-refractivity contribution in [1.29, 1.82) is 5.41 Å². The highest BCUT2D eigenvalue weighted by Crippen LogP contribution is 2.35. The smallest absolute Gasteiger partial charge is 0.0521 e. The number of allylic oxidation sites excluding steroid dienone is 1. The second-order valence-electron chi connectivity index (χ2n) is 5.47. The van der Waals surface area contributed by atoms with E-state index in [0.717, 1.165) is 18.7 Å². The summed E-state index contributed by atoms with van der Waals surface area (Å²) in [7, 11) is 0. The van der Waals surface area contributed by atoms with Gasteiger partial charge in [0.05, 0.1) is 6.04 Å². The minimum absolute atomic E-state index is 0.117. The SMILES string of the molecule is CC(=N)C[C@@H]1C=C=C(C2CN2)C=CC1(C)C. The molecule has 1 aliphatic heterocycles. The van der Waals surface area contributed by atoms with Crippen LogP contribution in [0.3, 0.4) is 0 Å². The fourth-order valence-electron chi connectivity index (χ4n) is 2.04. The van der Waals surface area contributed by atoms with Crippen LogP contribution < -0.4 is 5.32 Å². The molecule has 2 nitrogen and oxygen atoms in total. The molecule has 0 bridgehead atoms. The van der Waals surface area contributed by atoms with Gasteiger partial charge in [-0.05, 0) is 30.8 Å². The summed E-state index contributed by atoms with van der Waals surface area (Å²) in [6.45, 7) is 7.43. The van der Waals surface area contributed by atoms with Crippen LogP contribution in [0.5, 0.6) is 0 Å². The number of hydrogen-bond acceptors (Lipinski definition) is 2. The molecule has 0 aromatic rings. The van der Waals surface area contributed by atoms with Gasteiger partial charge in [0.2, 0.25) is 0 Å². The predicted octanol–water partition coefficient (Wildman–Crippen LogP) is 2.68. The third-order valence-electron chi connectivity index (χ3n) is 3.41. The number of nitrogens with one attached hydrogen (secondary N) is 2. The van der Waals surface area contributed by atoms with Crippen molar-refractivity contribution in [2.24, 2.45) is 11.3 Å². The Labute approximate surface area is 97.6 Å². The molecule has 86 valence electrons. The Morgan fingerprint density at radius 2 is 2.31 bits per heavy atom. The summed E-state index contributed by atoms with van der Waals surface area (Å²) in [5.74, 6) is 0.387. The molecule has 1 aliphatic carbocycles. The van der Waals surface area contributed by atoms with Gasteiger partial charge in [0.25, 0.3) is 0 Å². The van der Waals surface area contributed by atoms with Crippen molar-refractivity contribution < 1.29 is 0 Å². The molecule has 2 atom stereocenters. The maximum absolute atomic E-state index is 7.63. The van der Waals surface area contributed by atoms with Gasteiger partial charge in [0, 0.05) is 17.8 Å². The molecule has 1 unspecified atom stereocenters. The molecule has 0 aromatic heterocycles. The van der Waals surface area contributed by atoms with E-state index in [0.29, 0.717) is 12.0 Å². The Kier molecular flexibility index (Phi) is 2.88. The first-order chi connectivity index (χ1) is 7.49. The largest absolute Gasteiger partial charge is 0.310 e. The second-order valence-corrected chi connectivity index (χ2v) is 5.47. The molecular formula is C14H20N2. The van der Waals surface area contributed by atoms with Gasteiger partial charge >= 0.3 is 0 Å². The van der Waals surface area contributed by atoms with Crippen LogP contribution in [0.15, 0.2) is 29.5 Å². The molecular weight excluding hydrogens is 196 g/mol. The fourth-order valence-corrected chi connectivity index (χ4v) is 2.04. The van der Waals surface area contributed by atoms with E-state index in [1.807, 2.05) is 6.92 Å². The van der Waals surface area contributed by atoms with Crippen LogP contribution in [0.4, 0.5) is 0 Å². The second kappa shape index (κ2) is 4.04. The lowest BCUT2D eigenvalue weighted by Crippen LogP contribution is -2.21. The monoisotopic (exact) mass is 216 g/mol. The Morgan fingerprint density at radius 3 is 2.88 bits per heavy atom. The molecule has 0 aromatic carbocycles. The van der Waals surface area contributed by atoms with Gasteiger partial charge in [-0.3, -0.25) is 0 Å². The quantitative estimate of drug-likeness (QED) is 0.425. The molecule has 2 aliphatic rings. The zero-order valence-electron chi connectivity index (χ0n) is 10.3. The van der Waals surface area contributed by atoms with Gasteiger partial charge in [-0.15, -0.1) is 5.73 Å². The Balaban J connectivity index is 2.25. The average molecular weight is 216 g/mol. The van der Waals surface area contributed by atoms with E-state index >= 15 is 0 Å². The van der Waals surface area contributed by atoms with Gasteiger partial charge in [0.15, 0.2) is 0 Å². The van der Waals surface area contributed by atoms with Crippen LogP contribution in [0, 0.1) is 16.7 Å². The fraction of sp³-hybridized carbons (Fsp3) is 0.571. The summed E-state index contributed by atoms with van der Waals surface area (Å²) >= 11 is 0. The Bertz CT molecular complexity index is 391. The van der Waals surface area contributed by atoms with Crippen molar-refractivity contribution in [3.63, 3.8) is 0 Å². The summed E-state index contributed by atoms with van der Waals surface area (Å²) in [5, 5.41) is 10.9. The number of rotatable bonds is 3. The normalized spacial score (nSPS) is 30.8. The lowest BCUT2D eigenvalue weighted by atomic mass is 9.76. The molecule has 16 heavy (non-hydrogen) atoms. The molecule has 1 heterocycles. The molecule has 1 fully saturated rings. The van der Waals surface area contributed by atoms with Crippen molar-refractivity contribution in [3.8, 4) is 0 Å². The van der Waals surface area contributed by atoms with E-state index in [4.69, 9.17) is 5.41 Å². The lowest BCUT2D eigenvalue weighted by Gasteiger charge is -2.28. The van der Waals surface area contributed by atoms with Crippen molar-refractivity contribution in [1.82, 2.24) is 5.32 Å². The topological polar surface area (TPSA) is 45.8 Å². The lowest BCUT2D eigenvalue weighted by molar-refractivity contribution is 0.352. The average Bonchev–Trinajstić information content (AvgIpc) is 2.97. The van der Waals surface area contributed by atoms with E-state index in [9.17, 15) is 0 Å². The van der Waals surface area contributed by atoms with E-state index in [1.54, 1.807) is 0 Å². The third kappa shape index (κ3) is 2.52. The van der Waals surface area contributed by atoms with Crippen molar-refractivity contribution in [2.75, 3.05) is 6.54 Å². The summed E-state index contributed by atoms with van der Waals surface area (Å²) in [6, 6.07) is 0.517. The molecule has 2 heteroatoms. The molecule has 0 saturated carbocycles. The molecule has 0 spiro atoms. The summed E-state index contributed by atoms with van der Waals surface area (Å²) in [4.78, 5) is 0. The minimum atomic E-state index is 0.117. The first-order valence-electron chi connectivity index (χ1n) is 5.92. The highest BCUT2D eigenvalue weighted by molar-refractivity contribution is 5.79. The molecule has 0 amide bonds. The van der Waals surface area contributed by atoms with Gasteiger partial charge < -0.3 is 10.7 Å².